The molecule has 2 saturated heterocycles. The summed E-state index contributed by atoms with van der Waals surface area (Å²) < 4.78 is 53.3. The predicted molar refractivity (Wildman–Crippen MR) is 204 cm³/mol. The molecule has 18 heteroatoms. The topological polar surface area (TPSA) is 176 Å². The minimum atomic E-state index is -3.91. The first-order chi connectivity index (χ1) is 26.9. The first-order valence-corrected chi connectivity index (χ1v) is 21.7. The number of carbonyl (C=O) groups excluding carboxylic acids is 4. The molecule has 4 amide bonds. The summed E-state index contributed by atoms with van der Waals surface area (Å²) in [6.07, 6.45) is 1.52. The number of amides is 4. The number of hydrogen-bond acceptors (Lipinski definition) is 11. The maximum atomic E-state index is 14.6. The Hall–Kier alpha value is -4.32. The Bertz CT molecular complexity index is 2140. The molecule has 8 rings (SSSR count). The van der Waals surface area contributed by atoms with E-state index in [0.717, 1.165) is 11.1 Å². The third-order valence-electron chi connectivity index (χ3n) is 11.2. The van der Waals surface area contributed by atoms with Crippen molar-refractivity contribution in [1.82, 2.24) is 24.8 Å². The van der Waals surface area contributed by atoms with Crippen LogP contribution in [-0.4, -0.2) is 95.8 Å². The molecule has 3 aromatic rings. The molecule has 4 fully saturated rings. The van der Waals surface area contributed by atoms with E-state index >= 15 is 0 Å². The number of carbonyl (C=O) groups is 4. The average molecular weight is 829 g/mol. The number of halogens is 2. The highest BCUT2D eigenvalue weighted by Gasteiger charge is 2.62. The fourth-order valence-electron chi connectivity index (χ4n) is 7.88. The molecule has 14 nitrogen and oxygen atoms in total. The summed E-state index contributed by atoms with van der Waals surface area (Å²) in [5.74, 6) is -2.59. The van der Waals surface area contributed by atoms with E-state index in [1.165, 1.54) is 33.3 Å². The van der Waals surface area contributed by atoms with E-state index in [-0.39, 0.29) is 37.7 Å². The third-order valence-corrected chi connectivity index (χ3v) is 14.2. The van der Waals surface area contributed by atoms with Gasteiger partial charge in [0.05, 0.1) is 24.0 Å². The van der Waals surface area contributed by atoms with Crippen LogP contribution in [-0.2, 0) is 47.0 Å². The lowest BCUT2D eigenvalue weighted by Gasteiger charge is -2.30. The molecular weight excluding hydrogens is 787 g/mol. The molecule has 1 aromatic heterocycles. The fraction of sp³-hybridized carbons (Fsp3) is 0.500. The number of nitrogens with zero attached hydrogens (tertiary/aromatic N) is 3. The molecule has 2 aromatic carbocycles. The largest absolute Gasteiger partial charge is 0.444 e. The van der Waals surface area contributed by atoms with Crippen molar-refractivity contribution >= 4 is 61.9 Å². The van der Waals surface area contributed by atoms with Crippen molar-refractivity contribution in [3.05, 3.63) is 69.8 Å². The van der Waals surface area contributed by atoms with Crippen LogP contribution in [0, 0.1) is 11.7 Å². The van der Waals surface area contributed by atoms with Crippen molar-refractivity contribution in [2.75, 3.05) is 25.1 Å². The van der Waals surface area contributed by atoms with Gasteiger partial charge in [-0.15, -0.1) is 11.3 Å². The highest BCUT2D eigenvalue weighted by Crippen LogP contribution is 2.48. The van der Waals surface area contributed by atoms with Gasteiger partial charge in [-0.2, -0.15) is 0 Å². The van der Waals surface area contributed by atoms with Crippen LogP contribution in [0.4, 0.5) is 14.3 Å². The van der Waals surface area contributed by atoms with Gasteiger partial charge in [-0.3, -0.25) is 24.0 Å². The Morgan fingerprint density at radius 1 is 1.05 bits per heavy atom. The fourth-order valence-corrected chi connectivity index (χ4v) is 10.3. The van der Waals surface area contributed by atoms with Crippen molar-refractivity contribution in [3.8, 4) is 11.3 Å². The molecule has 2 saturated carbocycles. The normalized spacial score (nSPS) is 26.9. The van der Waals surface area contributed by atoms with Gasteiger partial charge in [0.1, 0.15) is 29.5 Å². The van der Waals surface area contributed by atoms with Gasteiger partial charge in [0.25, 0.3) is 5.91 Å². The number of aromatic nitrogens is 1. The van der Waals surface area contributed by atoms with E-state index in [1.54, 1.807) is 23.6 Å². The molecule has 298 valence electrons. The number of ether oxygens (including phenoxy) is 2. The summed E-state index contributed by atoms with van der Waals surface area (Å²) in [7, 11) is -3.91. The van der Waals surface area contributed by atoms with Gasteiger partial charge in [0, 0.05) is 42.1 Å². The van der Waals surface area contributed by atoms with Crippen LogP contribution in [0.2, 0.25) is 5.02 Å². The van der Waals surface area contributed by atoms with Crippen LogP contribution in [0.25, 0.3) is 11.3 Å². The second-order valence-electron chi connectivity index (χ2n) is 15.2. The van der Waals surface area contributed by atoms with Crippen LogP contribution in [0.5, 0.6) is 0 Å². The monoisotopic (exact) mass is 828 g/mol. The van der Waals surface area contributed by atoms with Crippen LogP contribution < -0.4 is 15.4 Å². The maximum Gasteiger partial charge on any atom is 0.410 e. The van der Waals surface area contributed by atoms with Crippen LogP contribution in [0.15, 0.2) is 47.8 Å². The molecular formula is C38H42ClFN6O8S2. The maximum absolute atomic E-state index is 14.6. The van der Waals surface area contributed by atoms with Gasteiger partial charge in [-0.25, -0.2) is 22.6 Å². The van der Waals surface area contributed by atoms with E-state index in [2.05, 4.69) is 20.3 Å². The van der Waals surface area contributed by atoms with Crippen molar-refractivity contribution in [3.63, 3.8) is 0 Å². The highest BCUT2D eigenvalue weighted by molar-refractivity contribution is 7.91. The van der Waals surface area contributed by atoms with Crippen LogP contribution in [0.3, 0.4) is 0 Å². The first-order valence-electron chi connectivity index (χ1n) is 18.9. The highest BCUT2D eigenvalue weighted by atomic mass is 35.5. The lowest BCUT2D eigenvalue weighted by Crippen LogP contribution is -2.57. The number of hydrogen-bond donors (Lipinski definition) is 3. The zero-order valence-electron chi connectivity index (χ0n) is 30.4. The number of sulfonamides is 1. The molecule has 3 aliphatic heterocycles. The van der Waals surface area contributed by atoms with Crippen LogP contribution >= 0.6 is 22.9 Å². The Morgan fingerprint density at radius 3 is 2.57 bits per heavy atom. The number of nitrogens with one attached hydrogen (secondary N) is 3. The summed E-state index contributed by atoms with van der Waals surface area (Å²) in [4.78, 5) is 63.8. The van der Waals surface area contributed by atoms with Crippen molar-refractivity contribution in [2.24, 2.45) is 5.92 Å². The molecule has 5 aliphatic rings. The van der Waals surface area contributed by atoms with E-state index in [1.807, 2.05) is 12.1 Å². The van der Waals surface area contributed by atoms with Gasteiger partial charge < -0.3 is 25.0 Å². The Labute approximate surface area is 332 Å². The standard InChI is InChI=1S/C38H42ClFN6O8S2/c39-29-6-1-4-23-18-45(20-28(23)29)37(50)54-26-16-32-33(47)43-38(35(49)44-56(51,52)27-12-13-27)17-24(38)5-2-14-53-15-3-7-30(34(48)46(32)19-26)41-36-42-31(21-55-36)22-8-10-25(40)11-9-22/h1,4,6,8-11,21,24,26-27,30,32H,2-3,5,7,12-20H2,(H,41,42)(H,43,47)(H,44,49)/t24-,26-,30+,32+,38-/m1/s1. The van der Waals surface area contributed by atoms with E-state index in [4.69, 9.17) is 21.1 Å². The average Bonchev–Trinajstić information content (AvgIpc) is 3.97. The summed E-state index contributed by atoms with van der Waals surface area (Å²) in [6.45, 7) is 1.17. The molecule has 3 N–H and O–H groups in total. The zero-order chi connectivity index (χ0) is 39.2. The summed E-state index contributed by atoms with van der Waals surface area (Å²) in [6, 6.07) is 9.36. The summed E-state index contributed by atoms with van der Waals surface area (Å²) in [5.41, 5.74) is 1.53. The molecule has 0 bridgehead atoms. The molecule has 0 unspecified atom stereocenters. The second-order valence-corrected chi connectivity index (χ2v) is 18.4. The molecule has 2 aliphatic carbocycles. The van der Waals surface area contributed by atoms with Gasteiger partial charge in [0.15, 0.2) is 5.13 Å². The SMILES string of the molecule is O=C1N[C@]2(C(=O)NS(=O)(=O)C3CC3)C[C@H]2CCCOCCC[C@H](Nc2nc(-c3ccc(F)cc3)cs2)C(=O)N2C[C@H](OC(=O)N3Cc4cccc(Cl)c4C3)C[C@@H]12. The summed E-state index contributed by atoms with van der Waals surface area (Å²) in [5, 5.41) is 8.25. The third kappa shape index (κ3) is 8.08. The number of rotatable bonds is 7. The first kappa shape index (κ1) is 38.5. The minimum Gasteiger partial charge on any atom is -0.444 e. The quantitative estimate of drug-likeness (QED) is 0.306. The Balaban J connectivity index is 1.05. The lowest BCUT2D eigenvalue weighted by molar-refractivity contribution is -0.140. The Morgan fingerprint density at radius 2 is 1.82 bits per heavy atom. The van der Waals surface area contributed by atoms with Crippen LogP contribution in [0.1, 0.15) is 62.5 Å². The molecule has 0 radical (unpaired) electrons. The number of fused-ring (bicyclic) bond motifs is 3. The zero-order valence-corrected chi connectivity index (χ0v) is 32.8. The number of anilines is 1. The summed E-state index contributed by atoms with van der Waals surface area (Å²) >= 11 is 7.66. The smallest absolute Gasteiger partial charge is 0.410 e. The lowest BCUT2D eigenvalue weighted by atomic mass is 10.1. The molecule has 0 spiro atoms. The van der Waals surface area contributed by atoms with Gasteiger partial charge in [-0.05, 0) is 92.3 Å². The van der Waals surface area contributed by atoms with E-state index < -0.39 is 62.8 Å². The van der Waals surface area contributed by atoms with Crippen molar-refractivity contribution in [2.45, 2.75) is 93.4 Å². The van der Waals surface area contributed by atoms with Gasteiger partial charge in [-0.1, -0.05) is 23.7 Å². The Kier molecular flexibility index (Phi) is 10.7. The van der Waals surface area contributed by atoms with E-state index in [0.29, 0.717) is 79.7 Å². The molecule has 4 heterocycles. The minimum absolute atomic E-state index is 0.0462. The number of thiazole rings is 1. The van der Waals surface area contributed by atoms with Crippen molar-refractivity contribution < 1.29 is 41.5 Å². The van der Waals surface area contributed by atoms with Gasteiger partial charge in [0.2, 0.25) is 21.8 Å². The molecule has 56 heavy (non-hydrogen) atoms. The van der Waals surface area contributed by atoms with Gasteiger partial charge >= 0.3 is 6.09 Å². The molecule has 5 atom stereocenters. The second kappa shape index (κ2) is 15.6. The van der Waals surface area contributed by atoms with E-state index in [9.17, 15) is 32.0 Å². The van der Waals surface area contributed by atoms with Crippen molar-refractivity contribution in [1.29, 1.82) is 0 Å². The predicted octanol–water partition coefficient (Wildman–Crippen LogP) is 4.58. The number of benzene rings is 2.